The van der Waals surface area contributed by atoms with E-state index in [1.54, 1.807) is 6.92 Å². The zero-order chi connectivity index (χ0) is 23.0. The number of hydrogen-bond acceptors (Lipinski definition) is 10. The summed E-state index contributed by atoms with van der Waals surface area (Å²) in [6, 6.07) is 1.15. The van der Waals surface area contributed by atoms with E-state index in [0.717, 1.165) is 17.7 Å². The van der Waals surface area contributed by atoms with Gasteiger partial charge in [0.15, 0.2) is 12.5 Å². The average molecular weight is 482 g/mol. The highest BCUT2D eigenvalue weighted by atomic mass is 31.2. The van der Waals surface area contributed by atoms with Gasteiger partial charge in [0.2, 0.25) is 0 Å². The van der Waals surface area contributed by atoms with Crippen molar-refractivity contribution in [1.82, 2.24) is 9.55 Å². The first kappa shape index (κ1) is 24.2. The Balaban J connectivity index is 2.03. The summed E-state index contributed by atoms with van der Waals surface area (Å²) in [5.41, 5.74) is -2.09. The van der Waals surface area contributed by atoms with Gasteiger partial charge in [0.05, 0.1) is 5.60 Å². The Morgan fingerprint density at radius 2 is 1.94 bits per heavy atom. The smallest absolute Gasteiger partial charge is 0.344 e. The standard InChI is InChI=1S/C16H24N2O11P2/c1-10(9-30(21,24-2)25-3)16-7-11(27-13(8-16)29-31(22,23)26-4)14(28-16)18-6-5-12(19)17-15(18)20/h5-6,9,11,13-14H,7-8H2,1-4H3,(H,22,23)(H,17,19,20)/b10-9+/t11-,13+,14-,16-/m1/s1. The van der Waals surface area contributed by atoms with Gasteiger partial charge in [0, 0.05) is 52.3 Å². The van der Waals surface area contributed by atoms with Gasteiger partial charge in [0.25, 0.3) is 5.56 Å². The zero-order valence-electron chi connectivity index (χ0n) is 17.2. The van der Waals surface area contributed by atoms with Crippen LogP contribution in [0.2, 0.25) is 0 Å². The van der Waals surface area contributed by atoms with Crippen molar-refractivity contribution in [2.24, 2.45) is 0 Å². The third-order valence-electron chi connectivity index (χ3n) is 5.20. The first-order valence-corrected chi connectivity index (χ1v) is 12.2. The number of aromatic nitrogens is 2. The second kappa shape index (κ2) is 8.86. The molecule has 0 saturated carbocycles. The lowest BCUT2D eigenvalue weighted by molar-refractivity contribution is -0.160. The summed E-state index contributed by atoms with van der Waals surface area (Å²) in [6.45, 7) is 1.62. The van der Waals surface area contributed by atoms with Crippen molar-refractivity contribution in [2.45, 2.75) is 44.0 Å². The molecule has 2 bridgehead atoms. The van der Waals surface area contributed by atoms with Crippen molar-refractivity contribution < 1.29 is 41.6 Å². The molecule has 3 rings (SSSR count). The Bertz CT molecular complexity index is 1060. The molecule has 13 nitrogen and oxygen atoms in total. The van der Waals surface area contributed by atoms with Gasteiger partial charge in [-0.1, -0.05) is 0 Å². The second-order valence-corrected chi connectivity index (χ2v) is 10.6. The van der Waals surface area contributed by atoms with Crippen molar-refractivity contribution in [3.05, 3.63) is 44.5 Å². The van der Waals surface area contributed by atoms with Crippen molar-refractivity contribution in [2.75, 3.05) is 21.3 Å². The molecule has 1 unspecified atom stereocenters. The SMILES string of the molecule is COP(=O)(O)O[C@H]1C[C@@]2(/C(C)=C/P(=O)(OC)OC)C[C@@H](O1)[C@H](n1ccc(=O)[nH]c1=O)O2. The molecule has 1 aromatic heterocycles. The van der Waals surface area contributed by atoms with Crippen molar-refractivity contribution in [3.8, 4) is 0 Å². The number of H-pyrrole nitrogens is 1. The van der Waals surface area contributed by atoms with E-state index in [1.807, 2.05) is 0 Å². The fourth-order valence-electron chi connectivity index (χ4n) is 3.61. The summed E-state index contributed by atoms with van der Waals surface area (Å²) < 4.78 is 57.1. The maximum atomic E-state index is 12.6. The number of phosphoric acid groups is 1. The van der Waals surface area contributed by atoms with Crippen LogP contribution in [-0.2, 0) is 36.7 Å². The number of nitrogens with one attached hydrogen (secondary N) is 1. The fraction of sp³-hybridized carbons (Fsp3) is 0.625. The summed E-state index contributed by atoms with van der Waals surface area (Å²) in [5.74, 6) is 1.28. The highest BCUT2D eigenvalue weighted by molar-refractivity contribution is 7.57. The molecule has 2 aliphatic rings. The van der Waals surface area contributed by atoms with Crippen molar-refractivity contribution in [1.29, 1.82) is 0 Å². The van der Waals surface area contributed by atoms with Gasteiger partial charge < -0.3 is 23.4 Å². The number of nitrogens with zero attached hydrogens (tertiary/aromatic N) is 1. The third kappa shape index (κ3) is 5.00. The van der Waals surface area contributed by atoms with Crippen LogP contribution in [0.25, 0.3) is 0 Å². The first-order valence-electron chi connectivity index (χ1n) is 9.09. The summed E-state index contributed by atoms with van der Waals surface area (Å²) >= 11 is 0. The van der Waals surface area contributed by atoms with Gasteiger partial charge >= 0.3 is 21.1 Å². The molecule has 0 spiro atoms. The van der Waals surface area contributed by atoms with Gasteiger partial charge in [-0.3, -0.25) is 28.0 Å². The van der Waals surface area contributed by atoms with Crippen LogP contribution in [0.4, 0.5) is 0 Å². The summed E-state index contributed by atoms with van der Waals surface area (Å²) in [5, 5.41) is 0. The van der Waals surface area contributed by atoms with Crippen molar-refractivity contribution in [3.63, 3.8) is 0 Å². The number of aromatic amines is 1. The number of phosphoric ester groups is 1. The van der Waals surface area contributed by atoms with Crippen LogP contribution in [0.1, 0.15) is 26.0 Å². The quantitative estimate of drug-likeness (QED) is 0.515. The summed E-state index contributed by atoms with van der Waals surface area (Å²) in [4.78, 5) is 35.6. The molecule has 3 heterocycles. The molecular weight excluding hydrogens is 458 g/mol. The molecule has 2 aliphatic heterocycles. The Morgan fingerprint density at radius 3 is 2.52 bits per heavy atom. The molecule has 0 amide bonds. The van der Waals surface area contributed by atoms with Crippen LogP contribution >= 0.6 is 15.4 Å². The van der Waals surface area contributed by atoms with Gasteiger partial charge in [0.1, 0.15) is 6.10 Å². The van der Waals surface area contributed by atoms with Crippen LogP contribution in [-0.4, -0.2) is 53.8 Å². The molecule has 5 atom stereocenters. The van der Waals surface area contributed by atoms with E-state index >= 15 is 0 Å². The molecule has 0 radical (unpaired) electrons. The predicted molar refractivity (Wildman–Crippen MR) is 105 cm³/mol. The summed E-state index contributed by atoms with van der Waals surface area (Å²) in [6.07, 6.45) is -1.70. The Morgan fingerprint density at radius 1 is 1.26 bits per heavy atom. The molecule has 2 saturated heterocycles. The predicted octanol–water partition coefficient (Wildman–Crippen LogP) is 1.46. The van der Waals surface area contributed by atoms with Gasteiger partial charge in [-0.05, 0) is 12.5 Å². The molecule has 2 fully saturated rings. The monoisotopic (exact) mass is 482 g/mol. The van der Waals surface area contributed by atoms with Crippen LogP contribution in [0.15, 0.2) is 33.2 Å². The maximum absolute atomic E-state index is 12.6. The molecule has 2 N–H and O–H groups in total. The highest BCUT2D eigenvalue weighted by Gasteiger charge is 2.56. The maximum Gasteiger partial charge on any atom is 0.474 e. The van der Waals surface area contributed by atoms with E-state index in [2.05, 4.69) is 9.51 Å². The van der Waals surface area contributed by atoms with Crippen LogP contribution in [0, 0.1) is 0 Å². The molecule has 0 aliphatic carbocycles. The third-order valence-corrected chi connectivity index (χ3v) is 7.89. The number of fused-ring (bicyclic) bond motifs is 2. The van der Waals surface area contributed by atoms with E-state index in [0.29, 0.717) is 5.57 Å². The molecule has 31 heavy (non-hydrogen) atoms. The topological polar surface area (TPSA) is 165 Å². The van der Waals surface area contributed by atoms with Crippen LogP contribution < -0.4 is 11.2 Å². The minimum absolute atomic E-state index is 0.0816. The van der Waals surface area contributed by atoms with E-state index in [1.165, 1.54) is 26.2 Å². The zero-order valence-corrected chi connectivity index (χ0v) is 19.0. The van der Waals surface area contributed by atoms with E-state index in [4.69, 9.17) is 23.0 Å². The second-order valence-electron chi connectivity index (χ2n) is 7.01. The molecule has 15 heteroatoms. The van der Waals surface area contributed by atoms with Crippen LogP contribution in [0.3, 0.4) is 0 Å². The number of hydrogen-bond donors (Lipinski definition) is 2. The number of rotatable bonds is 8. The van der Waals surface area contributed by atoms with Crippen LogP contribution in [0.5, 0.6) is 0 Å². The Labute approximate surface area is 177 Å². The minimum Gasteiger partial charge on any atom is -0.344 e. The largest absolute Gasteiger partial charge is 0.474 e. The van der Waals surface area contributed by atoms with Crippen molar-refractivity contribution >= 4 is 15.4 Å². The van der Waals surface area contributed by atoms with E-state index < -0.39 is 50.9 Å². The lowest BCUT2D eigenvalue weighted by Gasteiger charge is -2.36. The molecular formula is C16H24N2O11P2. The van der Waals surface area contributed by atoms with E-state index in [9.17, 15) is 23.6 Å². The Kier molecular flexibility index (Phi) is 6.93. The van der Waals surface area contributed by atoms with Gasteiger partial charge in [-0.2, -0.15) is 0 Å². The molecule has 174 valence electrons. The molecule has 0 aromatic carbocycles. The number of ether oxygens (including phenoxy) is 2. The first-order chi connectivity index (χ1) is 14.5. The normalized spacial score (nSPS) is 30.9. The van der Waals surface area contributed by atoms with E-state index in [-0.39, 0.29) is 12.8 Å². The van der Waals surface area contributed by atoms with Gasteiger partial charge in [-0.25, -0.2) is 9.36 Å². The minimum atomic E-state index is -4.41. The van der Waals surface area contributed by atoms with Gasteiger partial charge in [-0.15, -0.1) is 0 Å². The highest BCUT2D eigenvalue weighted by Crippen LogP contribution is 2.56. The lowest BCUT2D eigenvalue weighted by atomic mass is 9.86. The fourth-order valence-corrected chi connectivity index (χ4v) is 5.18. The summed E-state index contributed by atoms with van der Waals surface area (Å²) in [7, 11) is -4.54. The Hall–Kier alpha value is -1.40. The average Bonchev–Trinajstić information content (AvgIpc) is 2.99. The molecule has 1 aromatic rings. The lowest BCUT2D eigenvalue weighted by Crippen LogP contribution is -2.41.